The monoisotopic (exact) mass is 393 g/mol. The van der Waals surface area contributed by atoms with E-state index in [4.69, 9.17) is 0 Å². The summed E-state index contributed by atoms with van der Waals surface area (Å²) in [7, 11) is 1.59. The van der Waals surface area contributed by atoms with E-state index in [-0.39, 0.29) is 30.2 Å². The molecule has 0 unspecified atom stereocenters. The van der Waals surface area contributed by atoms with Crippen LogP contribution in [0, 0.1) is 17.0 Å². The lowest BCUT2D eigenvalue weighted by Crippen LogP contribution is -2.38. The Kier molecular flexibility index (Phi) is 5.77. The Morgan fingerprint density at radius 1 is 1.14 bits per heavy atom. The van der Waals surface area contributed by atoms with Gasteiger partial charge in [-0.05, 0) is 19.1 Å². The maximum atomic E-state index is 12.4. The molecule has 2 amide bonds. The summed E-state index contributed by atoms with van der Waals surface area (Å²) in [5.41, 5.74) is 1.55. The molecule has 0 spiro atoms. The molecule has 1 N–H and O–H groups in total. The smallest absolute Gasteiger partial charge is 0.270 e. The number of aryl methyl sites for hydroxylation is 1. The number of nitrogens with one attached hydrogen (secondary N) is 1. The lowest BCUT2D eigenvalue weighted by atomic mass is 10.2. The summed E-state index contributed by atoms with van der Waals surface area (Å²) in [4.78, 5) is 45.1. The summed E-state index contributed by atoms with van der Waals surface area (Å²) in [6, 6.07) is 12.9. The Balaban J connectivity index is 1.61. The molecule has 9 heteroatoms. The first-order valence-electron chi connectivity index (χ1n) is 8.84. The highest BCUT2D eigenvalue weighted by Crippen LogP contribution is 2.15. The van der Waals surface area contributed by atoms with Gasteiger partial charge in [-0.25, -0.2) is 9.97 Å². The van der Waals surface area contributed by atoms with Crippen LogP contribution in [0.2, 0.25) is 0 Å². The van der Waals surface area contributed by atoms with Gasteiger partial charge in [0.25, 0.3) is 11.6 Å². The van der Waals surface area contributed by atoms with E-state index in [0.29, 0.717) is 5.82 Å². The van der Waals surface area contributed by atoms with Gasteiger partial charge in [0.2, 0.25) is 5.91 Å². The maximum absolute atomic E-state index is 12.4. The Labute approximate surface area is 166 Å². The number of nitro groups is 1. The molecule has 0 aliphatic heterocycles. The van der Waals surface area contributed by atoms with Crippen molar-refractivity contribution in [2.24, 2.45) is 0 Å². The molecule has 2 aromatic carbocycles. The van der Waals surface area contributed by atoms with E-state index in [9.17, 15) is 19.7 Å². The van der Waals surface area contributed by atoms with E-state index in [1.54, 1.807) is 7.05 Å². The van der Waals surface area contributed by atoms with Crippen molar-refractivity contribution in [3.8, 4) is 0 Å². The van der Waals surface area contributed by atoms with Gasteiger partial charge < -0.3 is 10.2 Å². The molecule has 1 heterocycles. The van der Waals surface area contributed by atoms with E-state index < -0.39 is 10.8 Å². The van der Waals surface area contributed by atoms with Crippen LogP contribution in [0.4, 0.5) is 5.69 Å². The normalized spacial score (nSPS) is 10.6. The van der Waals surface area contributed by atoms with E-state index in [1.807, 2.05) is 31.2 Å². The number of nitro benzene ring substituents is 1. The summed E-state index contributed by atoms with van der Waals surface area (Å²) in [6.45, 7) is 1.83. The van der Waals surface area contributed by atoms with Crippen LogP contribution < -0.4 is 5.32 Å². The number of nitrogens with zero attached hydrogens (tertiary/aromatic N) is 4. The fraction of sp³-hybridized carbons (Fsp3) is 0.200. The van der Waals surface area contributed by atoms with Crippen LogP contribution in [0.25, 0.3) is 10.9 Å². The molecule has 0 saturated carbocycles. The van der Waals surface area contributed by atoms with Crippen molar-refractivity contribution in [3.63, 3.8) is 0 Å². The molecule has 0 radical (unpaired) electrons. The molecule has 0 aliphatic carbocycles. The number of para-hydroxylation sites is 1. The summed E-state index contributed by atoms with van der Waals surface area (Å²) in [6.07, 6.45) is 0. The predicted molar refractivity (Wildman–Crippen MR) is 106 cm³/mol. The minimum absolute atomic E-state index is 0.114. The summed E-state index contributed by atoms with van der Waals surface area (Å²) in [5, 5.41) is 14.2. The molecule has 3 aromatic rings. The Morgan fingerprint density at radius 3 is 2.66 bits per heavy atom. The van der Waals surface area contributed by atoms with Crippen LogP contribution in [-0.2, 0) is 11.3 Å². The number of fused-ring (bicyclic) bond motifs is 1. The molecule has 0 atom stereocenters. The average molecular weight is 393 g/mol. The first kappa shape index (κ1) is 19.9. The second-order valence-electron chi connectivity index (χ2n) is 6.48. The van der Waals surface area contributed by atoms with Gasteiger partial charge in [-0.1, -0.05) is 24.3 Å². The number of likely N-dealkylation sites (N-methyl/N-ethyl adjacent to an activating group) is 1. The molecule has 0 aliphatic rings. The molecule has 29 heavy (non-hydrogen) atoms. The Hall–Kier alpha value is -3.88. The number of amides is 2. The van der Waals surface area contributed by atoms with Crippen molar-refractivity contribution in [1.29, 1.82) is 0 Å². The van der Waals surface area contributed by atoms with Gasteiger partial charge in [-0.2, -0.15) is 0 Å². The number of carbonyl (C=O) groups excluding carboxylic acids is 2. The van der Waals surface area contributed by atoms with Crippen LogP contribution >= 0.6 is 0 Å². The third-order valence-electron chi connectivity index (χ3n) is 4.36. The van der Waals surface area contributed by atoms with Gasteiger partial charge in [0.1, 0.15) is 5.82 Å². The summed E-state index contributed by atoms with van der Waals surface area (Å²) >= 11 is 0. The fourth-order valence-corrected chi connectivity index (χ4v) is 2.82. The van der Waals surface area contributed by atoms with Crippen molar-refractivity contribution < 1.29 is 14.5 Å². The van der Waals surface area contributed by atoms with Crippen LogP contribution in [0.5, 0.6) is 0 Å². The van der Waals surface area contributed by atoms with Crippen LogP contribution in [0.1, 0.15) is 21.9 Å². The SMILES string of the molecule is Cc1nc(CN(C)C(=O)CNC(=O)c2cccc([N+](=O)[O-])c2)nc2ccccc12. The molecule has 1 aromatic heterocycles. The number of non-ortho nitro benzene ring substituents is 1. The number of rotatable bonds is 6. The number of hydrogen-bond acceptors (Lipinski definition) is 6. The molecular formula is C20H19N5O4. The Bertz CT molecular complexity index is 1100. The number of hydrogen-bond donors (Lipinski definition) is 1. The standard InChI is InChI=1S/C20H19N5O4/c1-13-16-8-3-4-9-17(16)23-18(22-13)12-24(2)19(26)11-21-20(27)14-6-5-7-15(10-14)25(28)29/h3-10H,11-12H2,1-2H3,(H,21,27). The fourth-order valence-electron chi connectivity index (χ4n) is 2.82. The number of carbonyl (C=O) groups is 2. The van der Waals surface area contributed by atoms with Gasteiger partial charge in [0.15, 0.2) is 0 Å². The van der Waals surface area contributed by atoms with Crippen LogP contribution in [0.15, 0.2) is 48.5 Å². The van der Waals surface area contributed by atoms with Gasteiger partial charge >= 0.3 is 0 Å². The number of benzene rings is 2. The third-order valence-corrected chi connectivity index (χ3v) is 4.36. The summed E-state index contributed by atoms with van der Waals surface area (Å²) in [5.74, 6) is -0.395. The zero-order valence-electron chi connectivity index (χ0n) is 16.0. The van der Waals surface area contributed by atoms with Gasteiger partial charge in [-0.15, -0.1) is 0 Å². The minimum Gasteiger partial charge on any atom is -0.343 e. The lowest BCUT2D eigenvalue weighted by molar-refractivity contribution is -0.384. The van der Waals surface area contributed by atoms with Crippen molar-refractivity contribution in [2.45, 2.75) is 13.5 Å². The van der Waals surface area contributed by atoms with Crippen molar-refractivity contribution >= 4 is 28.4 Å². The van der Waals surface area contributed by atoms with Gasteiger partial charge in [-0.3, -0.25) is 19.7 Å². The Morgan fingerprint density at radius 2 is 1.90 bits per heavy atom. The molecule has 9 nitrogen and oxygen atoms in total. The molecular weight excluding hydrogens is 374 g/mol. The molecule has 0 fully saturated rings. The zero-order valence-corrected chi connectivity index (χ0v) is 16.0. The van der Waals surface area contributed by atoms with E-state index in [1.165, 1.54) is 23.1 Å². The predicted octanol–water partition coefficient (Wildman–Crippen LogP) is 2.23. The first-order valence-corrected chi connectivity index (χ1v) is 8.84. The van der Waals surface area contributed by atoms with Crippen molar-refractivity contribution in [3.05, 3.63) is 75.7 Å². The highest BCUT2D eigenvalue weighted by Gasteiger charge is 2.15. The minimum atomic E-state index is -0.582. The molecule has 148 valence electrons. The van der Waals surface area contributed by atoms with E-state index in [2.05, 4.69) is 15.3 Å². The third kappa shape index (κ3) is 4.70. The highest BCUT2D eigenvalue weighted by atomic mass is 16.6. The quantitative estimate of drug-likeness (QED) is 0.507. The maximum Gasteiger partial charge on any atom is 0.270 e. The molecule has 3 rings (SSSR count). The second-order valence-corrected chi connectivity index (χ2v) is 6.48. The van der Waals surface area contributed by atoms with Gasteiger partial charge in [0.05, 0.1) is 23.5 Å². The van der Waals surface area contributed by atoms with E-state index in [0.717, 1.165) is 22.7 Å². The molecule has 0 saturated heterocycles. The summed E-state index contributed by atoms with van der Waals surface area (Å²) < 4.78 is 0. The lowest BCUT2D eigenvalue weighted by Gasteiger charge is -2.17. The first-order chi connectivity index (χ1) is 13.8. The van der Waals surface area contributed by atoms with Crippen LogP contribution in [0.3, 0.4) is 0 Å². The topological polar surface area (TPSA) is 118 Å². The van der Waals surface area contributed by atoms with Crippen molar-refractivity contribution in [2.75, 3.05) is 13.6 Å². The second kappa shape index (κ2) is 8.42. The van der Waals surface area contributed by atoms with E-state index >= 15 is 0 Å². The van der Waals surface area contributed by atoms with Gasteiger partial charge in [0, 0.05) is 35.8 Å². The zero-order chi connectivity index (χ0) is 21.0. The largest absolute Gasteiger partial charge is 0.343 e. The van der Waals surface area contributed by atoms with Crippen LogP contribution in [-0.4, -0.2) is 45.2 Å². The van der Waals surface area contributed by atoms with Crippen molar-refractivity contribution in [1.82, 2.24) is 20.2 Å². The highest BCUT2D eigenvalue weighted by molar-refractivity contribution is 5.96. The average Bonchev–Trinajstić information content (AvgIpc) is 2.71. The molecule has 0 bridgehead atoms. The number of aromatic nitrogens is 2.